The van der Waals surface area contributed by atoms with Crippen molar-refractivity contribution in [1.82, 2.24) is 15.3 Å². The van der Waals surface area contributed by atoms with E-state index in [9.17, 15) is 4.79 Å². The van der Waals surface area contributed by atoms with Crippen LogP contribution in [0.25, 0.3) is 6.08 Å². The Morgan fingerprint density at radius 2 is 2.08 bits per heavy atom. The van der Waals surface area contributed by atoms with Gasteiger partial charge in [-0.3, -0.25) is 4.79 Å². The van der Waals surface area contributed by atoms with E-state index < -0.39 is 0 Å². The van der Waals surface area contributed by atoms with Gasteiger partial charge in [0, 0.05) is 30.4 Å². The monoisotopic (exact) mass is 358 g/mol. The van der Waals surface area contributed by atoms with E-state index in [1.54, 1.807) is 18.3 Å². The number of halogens is 1. The van der Waals surface area contributed by atoms with E-state index in [2.05, 4.69) is 20.2 Å². The fraction of sp³-hybridized carbons (Fsp3) is 0.278. The van der Waals surface area contributed by atoms with Crippen LogP contribution in [0.3, 0.4) is 0 Å². The number of nitrogens with zero attached hydrogens (tertiary/aromatic N) is 3. The van der Waals surface area contributed by atoms with Crippen molar-refractivity contribution in [1.29, 1.82) is 0 Å². The standard InChI is InChI=1S/C18H19ClN4O2/c19-15-4-2-1-3-14(15)5-6-18(24)21-13-16-20-8-7-17(22-16)23-9-11-25-12-10-23/h1-8H,9-13H2,(H,21,24)/b6-5+. The van der Waals surface area contributed by atoms with Crippen LogP contribution >= 0.6 is 11.6 Å². The first-order chi connectivity index (χ1) is 12.2. The molecule has 130 valence electrons. The largest absolute Gasteiger partial charge is 0.378 e. The molecule has 25 heavy (non-hydrogen) atoms. The van der Waals surface area contributed by atoms with Gasteiger partial charge >= 0.3 is 0 Å². The molecule has 1 aliphatic rings. The molecular weight excluding hydrogens is 340 g/mol. The minimum Gasteiger partial charge on any atom is -0.378 e. The van der Waals surface area contributed by atoms with Crippen LogP contribution in [0.4, 0.5) is 5.82 Å². The summed E-state index contributed by atoms with van der Waals surface area (Å²) in [6, 6.07) is 9.21. The lowest BCUT2D eigenvalue weighted by atomic mass is 10.2. The van der Waals surface area contributed by atoms with Crippen LogP contribution in [-0.4, -0.2) is 42.2 Å². The highest BCUT2D eigenvalue weighted by Crippen LogP contribution is 2.16. The molecule has 0 atom stereocenters. The molecule has 0 radical (unpaired) electrons. The number of nitrogens with one attached hydrogen (secondary N) is 1. The Hall–Kier alpha value is -2.44. The number of hydrogen-bond donors (Lipinski definition) is 1. The minimum atomic E-state index is -0.222. The Kier molecular flexibility index (Phi) is 5.98. The summed E-state index contributed by atoms with van der Waals surface area (Å²) in [5, 5.41) is 3.39. The maximum Gasteiger partial charge on any atom is 0.244 e. The smallest absolute Gasteiger partial charge is 0.244 e. The van der Waals surface area contributed by atoms with Gasteiger partial charge in [-0.15, -0.1) is 0 Å². The zero-order valence-electron chi connectivity index (χ0n) is 13.7. The molecule has 1 aliphatic heterocycles. The molecule has 1 saturated heterocycles. The van der Waals surface area contributed by atoms with Crippen molar-refractivity contribution in [3.63, 3.8) is 0 Å². The van der Waals surface area contributed by atoms with Crippen LogP contribution in [0.1, 0.15) is 11.4 Å². The maximum absolute atomic E-state index is 12.0. The number of morpholine rings is 1. The summed E-state index contributed by atoms with van der Waals surface area (Å²) < 4.78 is 5.34. The number of rotatable bonds is 5. The van der Waals surface area contributed by atoms with E-state index in [4.69, 9.17) is 16.3 Å². The van der Waals surface area contributed by atoms with Gasteiger partial charge in [0.15, 0.2) is 0 Å². The summed E-state index contributed by atoms with van der Waals surface area (Å²) in [6.07, 6.45) is 4.84. The quantitative estimate of drug-likeness (QED) is 0.831. The lowest BCUT2D eigenvalue weighted by Crippen LogP contribution is -2.37. The number of benzene rings is 1. The second kappa shape index (κ2) is 8.60. The molecule has 1 aromatic heterocycles. The van der Waals surface area contributed by atoms with Crippen LogP contribution in [0.5, 0.6) is 0 Å². The molecule has 1 N–H and O–H groups in total. The minimum absolute atomic E-state index is 0.222. The topological polar surface area (TPSA) is 67.4 Å². The molecule has 6 nitrogen and oxygen atoms in total. The summed E-state index contributed by atoms with van der Waals surface area (Å²) in [6.45, 7) is 3.28. The van der Waals surface area contributed by atoms with Crippen molar-refractivity contribution in [2.24, 2.45) is 0 Å². The second-order valence-corrected chi connectivity index (χ2v) is 5.91. The predicted molar refractivity (Wildman–Crippen MR) is 97.4 cm³/mol. The van der Waals surface area contributed by atoms with E-state index in [0.717, 1.165) is 24.5 Å². The molecule has 2 aromatic rings. The van der Waals surface area contributed by atoms with Crippen LogP contribution in [-0.2, 0) is 16.1 Å². The van der Waals surface area contributed by atoms with Crippen molar-refractivity contribution in [2.45, 2.75) is 6.54 Å². The number of anilines is 1. The first-order valence-electron chi connectivity index (χ1n) is 8.07. The summed E-state index contributed by atoms with van der Waals surface area (Å²) in [7, 11) is 0. The van der Waals surface area contributed by atoms with E-state index in [1.165, 1.54) is 6.08 Å². The molecule has 0 unspecified atom stereocenters. The van der Waals surface area contributed by atoms with Crippen LogP contribution in [0.2, 0.25) is 5.02 Å². The molecule has 2 heterocycles. The number of hydrogen-bond acceptors (Lipinski definition) is 5. The Morgan fingerprint density at radius 3 is 2.88 bits per heavy atom. The Balaban J connectivity index is 1.56. The molecule has 1 aromatic carbocycles. The number of carbonyl (C=O) groups is 1. The Bertz CT molecular complexity index is 760. The second-order valence-electron chi connectivity index (χ2n) is 5.50. The Labute approximate surface area is 151 Å². The van der Waals surface area contributed by atoms with Gasteiger partial charge in [0.1, 0.15) is 11.6 Å². The molecule has 0 spiro atoms. The third-order valence-corrected chi connectivity index (χ3v) is 4.11. The molecule has 1 fully saturated rings. The lowest BCUT2D eigenvalue weighted by molar-refractivity contribution is -0.116. The zero-order chi connectivity index (χ0) is 17.5. The molecule has 7 heteroatoms. The third-order valence-electron chi connectivity index (χ3n) is 3.77. The van der Waals surface area contributed by atoms with Gasteiger partial charge in [0.2, 0.25) is 5.91 Å². The highest BCUT2D eigenvalue weighted by Gasteiger charge is 2.13. The lowest BCUT2D eigenvalue weighted by Gasteiger charge is -2.27. The van der Waals surface area contributed by atoms with Gasteiger partial charge in [0.05, 0.1) is 19.8 Å². The van der Waals surface area contributed by atoms with Gasteiger partial charge in [0.25, 0.3) is 0 Å². The fourth-order valence-electron chi connectivity index (χ4n) is 2.44. The van der Waals surface area contributed by atoms with Crippen LogP contribution in [0, 0.1) is 0 Å². The van der Waals surface area contributed by atoms with Crippen LogP contribution < -0.4 is 10.2 Å². The first kappa shape index (κ1) is 17.4. The summed E-state index contributed by atoms with van der Waals surface area (Å²) in [4.78, 5) is 22.8. The van der Waals surface area contributed by atoms with Crippen molar-refractivity contribution in [3.8, 4) is 0 Å². The number of ether oxygens (including phenoxy) is 1. The van der Waals surface area contributed by atoms with E-state index >= 15 is 0 Å². The number of aromatic nitrogens is 2. The molecule has 0 bridgehead atoms. The molecule has 3 rings (SSSR count). The summed E-state index contributed by atoms with van der Waals surface area (Å²) in [5.41, 5.74) is 0.796. The Morgan fingerprint density at radius 1 is 1.28 bits per heavy atom. The highest BCUT2D eigenvalue weighted by atomic mass is 35.5. The highest BCUT2D eigenvalue weighted by molar-refractivity contribution is 6.32. The zero-order valence-corrected chi connectivity index (χ0v) is 14.4. The fourth-order valence-corrected chi connectivity index (χ4v) is 2.64. The van der Waals surface area contributed by atoms with Gasteiger partial charge in [-0.1, -0.05) is 29.8 Å². The van der Waals surface area contributed by atoms with Gasteiger partial charge in [-0.05, 0) is 23.8 Å². The van der Waals surface area contributed by atoms with Gasteiger partial charge < -0.3 is 15.0 Å². The first-order valence-corrected chi connectivity index (χ1v) is 8.45. The van der Waals surface area contributed by atoms with Gasteiger partial charge in [-0.25, -0.2) is 9.97 Å². The number of amides is 1. The van der Waals surface area contributed by atoms with E-state index in [-0.39, 0.29) is 12.5 Å². The SMILES string of the molecule is O=C(/C=C/c1ccccc1Cl)NCc1nccc(N2CCOCC2)n1. The molecule has 0 saturated carbocycles. The normalized spacial score (nSPS) is 14.7. The maximum atomic E-state index is 12.0. The average molecular weight is 359 g/mol. The van der Waals surface area contributed by atoms with Crippen LogP contribution in [0.15, 0.2) is 42.6 Å². The van der Waals surface area contributed by atoms with Crippen molar-refractivity contribution >= 4 is 29.4 Å². The summed E-state index contributed by atoms with van der Waals surface area (Å²) in [5.74, 6) is 1.21. The molecule has 1 amide bonds. The van der Waals surface area contributed by atoms with Crippen molar-refractivity contribution in [2.75, 3.05) is 31.2 Å². The van der Waals surface area contributed by atoms with E-state index in [0.29, 0.717) is 24.1 Å². The average Bonchev–Trinajstić information content (AvgIpc) is 2.67. The summed E-state index contributed by atoms with van der Waals surface area (Å²) >= 11 is 6.06. The predicted octanol–water partition coefficient (Wildman–Crippen LogP) is 2.30. The number of carbonyl (C=O) groups excluding carboxylic acids is 1. The van der Waals surface area contributed by atoms with Crippen molar-refractivity contribution in [3.05, 3.63) is 59.0 Å². The molecular formula is C18H19ClN4O2. The van der Waals surface area contributed by atoms with E-state index in [1.807, 2.05) is 24.3 Å². The third kappa shape index (κ3) is 5.01. The molecule has 0 aliphatic carbocycles. The van der Waals surface area contributed by atoms with Crippen molar-refractivity contribution < 1.29 is 9.53 Å². The van der Waals surface area contributed by atoms with Gasteiger partial charge in [-0.2, -0.15) is 0 Å².